The molecule has 1 N–H and O–H groups in total. The Morgan fingerprint density at radius 1 is 1.13 bits per heavy atom. The minimum atomic E-state index is 0.790. The molecule has 0 aromatic carbocycles. The standard InChI is InChI=1S/C13H28N2/c1-11-6-7-13(10-12(11)2)14-8-5-9-15(3)4/h11-14H,5-10H2,1-4H3/t11-,12-,13+/m0/s1. The summed E-state index contributed by atoms with van der Waals surface area (Å²) in [6, 6.07) is 0.790. The Labute approximate surface area is 95.4 Å². The maximum Gasteiger partial charge on any atom is 0.00698 e. The molecule has 0 amide bonds. The van der Waals surface area contributed by atoms with Gasteiger partial charge < -0.3 is 10.2 Å². The van der Waals surface area contributed by atoms with Gasteiger partial charge in [0.25, 0.3) is 0 Å². The van der Waals surface area contributed by atoms with Gasteiger partial charge in [-0.2, -0.15) is 0 Å². The number of rotatable bonds is 5. The highest BCUT2D eigenvalue weighted by Gasteiger charge is 2.23. The highest BCUT2D eigenvalue weighted by Crippen LogP contribution is 2.29. The van der Waals surface area contributed by atoms with E-state index in [0.717, 1.165) is 17.9 Å². The van der Waals surface area contributed by atoms with E-state index < -0.39 is 0 Å². The van der Waals surface area contributed by atoms with Crippen LogP contribution in [-0.4, -0.2) is 38.1 Å². The quantitative estimate of drug-likeness (QED) is 0.704. The zero-order valence-electron chi connectivity index (χ0n) is 10.9. The Balaban J connectivity index is 2.07. The van der Waals surface area contributed by atoms with Gasteiger partial charge in [0.2, 0.25) is 0 Å². The molecular formula is C13H28N2. The molecule has 0 spiro atoms. The molecule has 0 bridgehead atoms. The van der Waals surface area contributed by atoms with Gasteiger partial charge in [-0.05, 0) is 64.7 Å². The molecule has 3 atom stereocenters. The second-order valence-corrected chi connectivity index (χ2v) is 5.58. The third-order valence-corrected chi connectivity index (χ3v) is 3.81. The van der Waals surface area contributed by atoms with Gasteiger partial charge in [-0.3, -0.25) is 0 Å². The molecule has 2 nitrogen and oxygen atoms in total. The van der Waals surface area contributed by atoms with Crippen LogP contribution < -0.4 is 5.32 Å². The summed E-state index contributed by atoms with van der Waals surface area (Å²) in [7, 11) is 4.29. The van der Waals surface area contributed by atoms with Crippen molar-refractivity contribution in [3.8, 4) is 0 Å². The molecule has 0 aromatic heterocycles. The van der Waals surface area contributed by atoms with Gasteiger partial charge in [0.15, 0.2) is 0 Å². The van der Waals surface area contributed by atoms with E-state index in [1.165, 1.54) is 38.8 Å². The van der Waals surface area contributed by atoms with Crippen LogP contribution in [0.15, 0.2) is 0 Å². The first-order valence-electron chi connectivity index (χ1n) is 6.47. The Bertz CT molecular complexity index is 168. The fourth-order valence-electron chi connectivity index (χ4n) is 2.43. The van der Waals surface area contributed by atoms with Crippen LogP contribution in [0.2, 0.25) is 0 Å². The lowest BCUT2D eigenvalue weighted by atomic mass is 9.79. The summed E-state index contributed by atoms with van der Waals surface area (Å²) in [4.78, 5) is 2.26. The lowest BCUT2D eigenvalue weighted by Crippen LogP contribution is -2.37. The minimum absolute atomic E-state index is 0.790. The first-order valence-corrected chi connectivity index (χ1v) is 6.47. The van der Waals surface area contributed by atoms with Crippen molar-refractivity contribution in [2.24, 2.45) is 11.8 Å². The topological polar surface area (TPSA) is 15.3 Å². The SMILES string of the molecule is C[C@H]1CC[C@@H](NCCCN(C)C)C[C@@H]1C. The zero-order valence-corrected chi connectivity index (χ0v) is 10.9. The second-order valence-electron chi connectivity index (χ2n) is 5.58. The number of hydrogen-bond donors (Lipinski definition) is 1. The van der Waals surface area contributed by atoms with Crippen LogP contribution in [0.4, 0.5) is 0 Å². The first-order chi connectivity index (χ1) is 7.09. The van der Waals surface area contributed by atoms with Crippen LogP contribution in [0.1, 0.15) is 39.5 Å². The maximum atomic E-state index is 3.70. The zero-order chi connectivity index (χ0) is 11.3. The highest BCUT2D eigenvalue weighted by atomic mass is 15.1. The smallest absolute Gasteiger partial charge is 0.00698 e. The Morgan fingerprint density at radius 2 is 1.87 bits per heavy atom. The van der Waals surface area contributed by atoms with Crippen molar-refractivity contribution in [3.05, 3.63) is 0 Å². The number of nitrogens with zero attached hydrogens (tertiary/aromatic N) is 1. The molecule has 1 aliphatic rings. The van der Waals surface area contributed by atoms with Crippen molar-refractivity contribution in [2.45, 2.75) is 45.6 Å². The fourth-order valence-corrected chi connectivity index (χ4v) is 2.43. The normalized spacial score (nSPS) is 32.2. The third kappa shape index (κ3) is 4.98. The van der Waals surface area contributed by atoms with Gasteiger partial charge in [0, 0.05) is 6.04 Å². The van der Waals surface area contributed by atoms with E-state index in [1.54, 1.807) is 0 Å². The molecule has 15 heavy (non-hydrogen) atoms. The summed E-state index contributed by atoms with van der Waals surface area (Å²) < 4.78 is 0. The highest BCUT2D eigenvalue weighted by molar-refractivity contribution is 4.79. The van der Waals surface area contributed by atoms with Crippen LogP contribution in [-0.2, 0) is 0 Å². The van der Waals surface area contributed by atoms with E-state index >= 15 is 0 Å². The minimum Gasteiger partial charge on any atom is -0.314 e. The van der Waals surface area contributed by atoms with Gasteiger partial charge >= 0.3 is 0 Å². The van der Waals surface area contributed by atoms with Crippen LogP contribution in [0.5, 0.6) is 0 Å². The van der Waals surface area contributed by atoms with Crippen molar-refractivity contribution < 1.29 is 0 Å². The van der Waals surface area contributed by atoms with E-state index in [-0.39, 0.29) is 0 Å². The van der Waals surface area contributed by atoms with Crippen LogP contribution in [0.25, 0.3) is 0 Å². The molecule has 1 saturated carbocycles. The van der Waals surface area contributed by atoms with Crippen molar-refractivity contribution in [1.29, 1.82) is 0 Å². The molecule has 0 unspecified atom stereocenters. The van der Waals surface area contributed by atoms with Crippen LogP contribution in [0.3, 0.4) is 0 Å². The predicted molar refractivity (Wildman–Crippen MR) is 67.1 cm³/mol. The predicted octanol–water partition coefficient (Wildman–Crippen LogP) is 2.35. The Hall–Kier alpha value is -0.0800. The molecule has 0 heterocycles. The van der Waals surface area contributed by atoms with E-state index in [9.17, 15) is 0 Å². The largest absolute Gasteiger partial charge is 0.314 e. The first kappa shape index (κ1) is 13.0. The van der Waals surface area contributed by atoms with E-state index in [2.05, 4.69) is 38.2 Å². The fraction of sp³-hybridized carbons (Fsp3) is 1.00. The van der Waals surface area contributed by atoms with Crippen LogP contribution >= 0.6 is 0 Å². The van der Waals surface area contributed by atoms with E-state index in [0.29, 0.717) is 0 Å². The number of nitrogens with one attached hydrogen (secondary N) is 1. The van der Waals surface area contributed by atoms with Crippen LogP contribution in [0, 0.1) is 11.8 Å². The number of hydrogen-bond acceptors (Lipinski definition) is 2. The summed E-state index contributed by atoms with van der Waals surface area (Å²) in [6.07, 6.45) is 5.44. The lowest BCUT2D eigenvalue weighted by Gasteiger charge is -2.32. The van der Waals surface area contributed by atoms with Crippen molar-refractivity contribution in [3.63, 3.8) is 0 Å². The monoisotopic (exact) mass is 212 g/mol. The van der Waals surface area contributed by atoms with Crippen molar-refractivity contribution in [1.82, 2.24) is 10.2 Å². The lowest BCUT2D eigenvalue weighted by molar-refractivity contribution is 0.225. The molecule has 2 heteroatoms. The molecule has 90 valence electrons. The van der Waals surface area contributed by atoms with Gasteiger partial charge in [0.1, 0.15) is 0 Å². The summed E-state index contributed by atoms with van der Waals surface area (Å²) in [5.41, 5.74) is 0. The summed E-state index contributed by atoms with van der Waals surface area (Å²) in [6.45, 7) is 7.18. The maximum absolute atomic E-state index is 3.70. The van der Waals surface area contributed by atoms with Gasteiger partial charge in [-0.1, -0.05) is 13.8 Å². The molecular weight excluding hydrogens is 184 g/mol. The summed E-state index contributed by atoms with van der Waals surface area (Å²) >= 11 is 0. The van der Waals surface area contributed by atoms with Crippen molar-refractivity contribution >= 4 is 0 Å². The van der Waals surface area contributed by atoms with Crippen molar-refractivity contribution in [2.75, 3.05) is 27.2 Å². The Morgan fingerprint density at radius 3 is 2.47 bits per heavy atom. The molecule has 0 aliphatic heterocycles. The van der Waals surface area contributed by atoms with E-state index in [1.807, 2.05) is 0 Å². The molecule has 0 saturated heterocycles. The third-order valence-electron chi connectivity index (χ3n) is 3.81. The summed E-state index contributed by atoms with van der Waals surface area (Å²) in [5, 5.41) is 3.70. The summed E-state index contributed by atoms with van der Waals surface area (Å²) in [5.74, 6) is 1.84. The van der Waals surface area contributed by atoms with Gasteiger partial charge in [-0.15, -0.1) is 0 Å². The molecule has 1 aliphatic carbocycles. The molecule has 0 aromatic rings. The Kier molecular flexibility index (Phi) is 5.62. The molecule has 0 radical (unpaired) electrons. The molecule has 1 rings (SSSR count). The second kappa shape index (κ2) is 6.49. The van der Waals surface area contributed by atoms with E-state index in [4.69, 9.17) is 0 Å². The van der Waals surface area contributed by atoms with Gasteiger partial charge in [-0.25, -0.2) is 0 Å². The molecule has 1 fully saturated rings. The average Bonchev–Trinajstić information content (AvgIpc) is 2.18. The van der Waals surface area contributed by atoms with Gasteiger partial charge in [0.05, 0.1) is 0 Å². The average molecular weight is 212 g/mol.